The van der Waals surface area contributed by atoms with Crippen molar-refractivity contribution in [3.8, 4) is 5.75 Å². The SMILES string of the molecule is O=C1Nc2ccc(S(=O)(=O)Nc3cccc(OC(F)(F)F)c3)c3cccc1c23. The smallest absolute Gasteiger partial charge is 0.406 e. The minimum Gasteiger partial charge on any atom is -0.406 e. The van der Waals surface area contributed by atoms with Crippen LogP contribution in [0.25, 0.3) is 10.8 Å². The Kier molecular flexibility index (Phi) is 3.96. The van der Waals surface area contributed by atoms with Gasteiger partial charge in [0.1, 0.15) is 5.75 Å². The van der Waals surface area contributed by atoms with Crippen LogP contribution < -0.4 is 14.8 Å². The zero-order valence-corrected chi connectivity index (χ0v) is 14.7. The van der Waals surface area contributed by atoms with E-state index in [1.165, 1.54) is 24.3 Å². The Labute approximate surface area is 157 Å². The van der Waals surface area contributed by atoms with Crippen molar-refractivity contribution in [3.63, 3.8) is 0 Å². The molecular formula is C18H11F3N2O4S. The van der Waals surface area contributed by atoms with Gasteiger partial charge in [0.2, 0.25) is 0 Å². The van der Waals surface area contributed by atoms with Crippen LogP contribution in [0.1, 0.15) is 10.4 Å². The van der Waals surface area contributed by atoms with Gasteiger partial charge in [0.15, 0.2) is 0 Å². The second kappa shape index (κ2) is 6.13. The molecule has 28 heavy (non-hydrogen) atoms. The molecule has 3 aromatic rings. The van der Waals surface area contributed by atoms with E-state index in [-0.39, 0.29) is 16.5 Å². The predicted molar refractivity (Wildman–Crippen MR) is 95.8 cm³/mol. The summed E-state index contributed by atoms with van der Waals surface area (Å²) in [7, 11) is -4.15. The maximum atomic E-state index is 12.9. The number of hydrogen-bond acceptors (Lipinski definition) is 4. The molecule has 0 bridgehead atoms. The van der Waals surface area contributed by atoms with E-state index < -0.39 is 22.1 Å². The highest BCUT2D eigenvalue weighted by atomic mass is 32.2. The van der Waals surface area contributed by atoms with Gasteiger partial charge in [0.25, 0.3) is 15.9 Å². The van der Waals surface area contributed by atoms with E-state index in [2.05, 4.69) is 14.8 Å². The Morgan fingerprint density at radius 2 is 1.75 bits per heavy atom. The lowest BCUT2D eigenvalue weighted by Gasteiger charge is -2.13. The van der Waals surface area contributed by atoms with Crippen LogP contribution in [0, 0.1) is 0 Å². The summed E-state index contributed by atoms with van der Waals surface area (Å²) in [6.07, 6.45) is -4.89. The Morgan fingerprint density at radius 3 is 2.50 bits per heavy atom. The summed E-state index contributed by atoms with van der Waals surface area (Å²) in [5, 5.41) is 3.45. The quantitative estimate of drug-likeness (QED) is 0.681. The maximum absolute atomic E-state index is 12.9. The molecule has 2 N–H and O–H groups in total. The summed E-state index contributed by atoms with van der Waals surface area (Å²) in [6.45, 7) is 0. The van der Waals surface area contributed by atoms with Crippen molar-refractivity contribution in [3.05, 3.63) is 60.2 Å². The normalized spacial score (nSPS) is 13.5. The monoisotopic (exact) mass is 408 g/mol. The molecule has 0 atom stereocenters. The molecule has 6 nitrogen and oxygen atoms in total. The third-order valence-electron chi connectivity index (χ3n) is 4.10. The second-order valence-electron chi connectivity index (χ2n) is 5.97. The summed E-state index contributed by atoms with van der Waals surface area (Å²) < 4.78 is 68.9. The van der Waals surface area contributed by atoms with Crippen LogP contribution in [0.15, 0.2) is 59.5 Å². The molecule has 0 spiro atoms. The van der Waals surface area contributed by atoms with Crippen LogP contribution in [0.4, 0.5) is 24.5 Å². The number of ether oxygens (including phenoxy) is 1. The molecule has 0 fully saturated rings. The summed E-state index contributed by atoms with van der Waals surface area (Å²) in [4.78, 5) is 11.9. The third kappa shape index (κ3) is 3.22. The Balaban J connectivity index is 1.74. The number of carbonyl (C=O) groups is 1. The Hall–Kier alpha value is -3.27. The van der Waals surface area contributed by atoms with Crippen molar-refractivity contribution >= 4 is 38.1 Å². The lowest BCUT2D eigenvalue weighted by Crippen LogP contribution is -2.17. The fraction of sp³-hybridized carbons (Fsp3) is 0.0556. The molecule has 1 aliphatic rings. The number of carbonyl (C=O) groups excluding carboxylic acids is 1. The molecule has 1 aliphatic heterocycles. The fourth-order valence-corrected chi connectivity index (χ4v) is 4.32. The highest BCUT2D eigenvalue weighted by Gasteiger charge is 2.31. The van der Waals surface area contributed by atoms with Crippen molar-refractivity contribution in [2.24, 2.45) is 0 Å². The van der Waals surface area contributed by atoms with Crippen molar-refractivity contribution in [2.75, 3.05) is 10.0 Å². The largest absolute Gasteiger partial charge is 0.573 e. The van der Waals surface area contributed by atoms with Gasteiger partial charge >= 0.3 is 6.36 Å². The number of benzene rings is 3. The van der Waals surface area contributed by atoms with Crippen LogP contribution >= 0.6 is 0 Å². The van der Waals surface area contributed by atoms with Gasteiger partial charge in [-0.25, -0.2) is 8.42 Å². The van der Waals surface area contributed by atoms with Gasteiger partial charge in [0, 0.05) is 28.1 Å². The summed E-state index contributed by atoms with van der Waals surface area (Å²) in [6, 6.07) is 12.0. The highest BCUT2D eigenvalue weighted by molar-refractivity contribution is 7.93. The molecule has 0 saturated carbocycles. The number of hydrogen-bond donors (Lipinski definition) is 2. The summed E-state index contributed by atoms with van der Waals surface area (Å²) in [5.74, 6) is -0.886. The number of anilines is 2. The number of nitrogens with one attached hydrogen (secondary N) is 2. The Morgan fingerprint density at radius 1 is 1.00 bits per heavy atom. The second-order valence-corrected chi connectivity index (χ2v) is 7.63. The first-order valence-electron chi connectivity index (χ1n) is 7.90. The predicted octanol–water partition coefficient (Wildman–Crippen LogP) is 4.10. The minimum atomic E-state index is -4.89. The molecule has 1 amide bonds. The molecule has 144 valence electrons. The van der Waals surface area contributed by atoms with Gasteiger partial charge < -0.3 is 10.1 Å². The van der Waals surface area contributed by atoms with Crippen molar-refractivity contribution < 1.29 is 31.1 Å². The van der Waals surface area contributed by atoms with Crippen molar-refractivity contribution in [1.82, 2.24) is 0 Å². The van der Waals surface area contributed by atoms with Crippen LogP contribution in [0.5, 0.6) is 5.75 Å². The van der Waals surface area contributed by atoms with E-state index in [0.717, 1.165) is 12.1 Å². The molecule has 0 radical (unpaired) electrons. The molecule has 0 saturated heterocycles. The van der Waals surface area contributed by atoms with E-state index in [1.54, 1.807) is 18.2 Å². The van der Waals surface area contributed by atoms with Crippen LogP contribution in [0.3, 0.4) is 0 Å². The van der Waals surface area contributed by atoms with Gasteiger partial charge in [-0.05, 0) is 30.3 Å². The molecule has 0 aliphatic carbocycles. The number of sulfonamides is 1. The van der Waals surface area contributed by atoms with Crippen LogP contribution in [-0.4, -0.2) is 20.7 Å². The topological polar surface area (TPSA) is 84.5 Å². The van der Waals surface area contributed by atoms with E-state index in [9.17, 15) is 26.4 Å². The van der Waals surface area contributed by atoms with E-state index in [0.29, 0.717) is 22.0 Å². The molecule has 10 heteroatoms. The molecule has 4 rings (SSSR count). The molecular weight excluding hydrogens is 397 g/mol. The van der Waals surface area contributed by atoms with Gasteiger partial charge in [-0.3, -0.25) is 9.52 Å². The summed E-state index contributed by atoms with van der Waals surface area (Å²) >= 11 is 0. The van der Waals surface area contributed by atoms with Gasteiger partial charge in [-0.15, -0.1) is 13.2 Å². The third-order valence-corrected chi connectivity index (χ3v) is 5.54. The first kappa shape index (κ1) is 18.1. The first-order valence-corrected chi connectivity index (χ1v) is 9.38. The zero-order valence-electron chi connectivity index (χ0n) is 13.9. The zero-order chi connectivity index (χ0) is 20.1. The number of halogens is 3. The lowest BCUT2D eigenvalue weighted by molar-refractivity contribution is -0.274. The molecule has 0 aromatic heterocycles. The molecule has 3 aromatic carbocycles. The highest BCUT2D eigenvalue weighted by Crippen LogP contribution is 2.37. The Bertz CT molecular complexity index is 1220. The van der Waals surface area contributed by atoms with Gasteiger partial charge in [0.05, 0.1) is 10.6 Å². The number of amides is 1. The van der Waals surface area contributed by atoms with Gasteiger partial charge in [-0.1, -0.05) is 18.2 Å². The lowest BCUT2D eigenvalue weighted by atomic mass is 10.1. The average Bonchev–Trinajstić information content (AvgIpc) is 2.91. The van der Waals surface area contributed by atoms with E-state index in [1.807, 2.05) is 0 Å². The minimum absolute atomic E-state index is 0.0980. The van der Waals surface area contributed by atoms with Crippen LogP contribution in [0.2, 0.25) is 0 Å². The average molecular weight is 408 g/mol. The fourth-order valence-electron chi connectivity index (χ4n) is 3.06. The van der Waals surface area contributed by atoms with Crippen molar-refractivity contribution in [1.29, 1.82) is 0 Å². The standard InChI is InChI=1S/C18H11F3N2O4S/c19-18(20,21)27-11-4-1-3-10(9-11)23-28(25,26)15-8-7-14-16-12(15)5-2-6-13(16)17(24)22-14/h1-9,23H,(H,22,24). The number of rotatable bonds is 4. The van der Waals surface area contributed by atoms with E-state index >= 15 is 0 Å². The van der Waals surface area contributed by atoms with Crippen LogP contribution in [-0.2, 0) is 10.0 Å². The van der Waals surface area contributed by atoms with E-state index in [4.69, 9.17) is 0 Å². The molecule has 0 unspecified atom stereocenters. The van der Waals surface area contributed by atoms with Crippen molar-refractivity contribution in [2.45, 2.75) is 11.3 Å². The molecule has 1 heterocycles. The van der Waals surface area contributed by atoms with Gasteiger partial charge in [-0.2, -0.15) is 0 Å². The maximum Gasteiger partial charge on any atom is 0.573 e. The number of alkyl halides is 3. The summed E-state index contributed by atoms with van der Waals surface area (Å²) in [5.41, 5.74) is 0.749. The first-order chi connectivity index (χ1) is 13.1.